The van der Waals surface area contributed by atoms with Crippen molar-refractivity contribution in [2.45, 2.75) is 33.1 Å². The lowest BCUT2D eigenvalue weighted by molar-refractivity contribution is -0.151. The highest BCUT2D eigenvalue weighted by molar-refractivity contribution is 5.99. The summed E-state index contributed by atoms with van der Waals surface area (Å²) in [7, 11) is 0. The quantitative estimate of drug-likeness (QED) is 0.549. The molecule has 0 amide bonds. The van der Waals surface area contributed by atoms with Crippen molar-refractivity contribution in [2.75, 3.05) is 6.61 Å². The first-order valence-electron chi connectivity index (χ1n) is 6.27. The number of hydrogen-bond acceptors (Lipinski definition) is 4. The van der Waals surface area contributed by atoms with Crippen LogP contribution in [0.15, 0.2) is 24.5 Å². The Balaban J connectivity index is 2.68. The Labute approximate surface area is 107 Å². The Bertz CT molecular complexity index is 389. The van der Waals surface area contributed by atoms with Crippen LogP contribution in [-0.4, -0.2) is 23.3 Å². The van der Waals surface area contributed by atoms with Gasteiger partial charge in [-0.2, -0.15) is 0 Å². The summed E-state index contributed by atoms with van der Waals surface area (Å²) in [5, 5.41) is 0. The molecule has 18 heavy (non-hydrogen) atoms. The van der Waals surface area contributed by atoms with Crippen LogP contribution in [0, 0.1) is 5.92 Å². The highest BCUT2D eigenvalue weighted by Crippen LogP contribution is 2.13. The van der Waals surface area contributed by atoms with Gasteiger partial charge in [-0.1, -0.05) is 13.3 Å². The Kier molecular flexibility index (Phi) is 6.05. The van der Waals surface area contributed by atoms with Gasteiger partial charge in [0.15, 0.2) is 5.78 Å². The molecule has 0 saturated carbocycles. The summed E-state index contributed by atoms with van der Waals surface area (Å²) in [5.41, 5.74) is 0.875. The van der Waals surface area contributed by atoms with Crippen molar-refractivity contribution in [1.82, 2.24) is 4.98 Å². The van der Waals surface area contributed by atoms with E-state index in [9.17, 15) is 9.59 Å². The van der Waals surface area contributed by atoms with Crippen LogP contribution in [0.2, 0.25) is 0 Å². The molecule has 0 bridgehead atoms. The van der Waals surface area contributed by atoms with Crippen molar-refractivity contribution < 1.29 is 14.3 Å². The number of carbonyl (C=O) groups excluding carboxylic acids is 2. The summed E-state index contributed by atoms with van der Waals surface area (Å²) in [4.78, 5) is 27.7. The number of pyridine rings is 1. The van der Waals surface area contributed by atoms with Gasteiger partial charge in [-0.3, -0.25) is 14.6 Å². The molecule has 0 aliphatic heterocycles. The fourth-order valence-corrected chi connectivity index (χ4v) is 1.77. The van der Waals surface area contributed by atoms with Crippen molar-refractivity contribution in [3.8, 4) is 0 Å². The Morgan fingerprint density at radius 3 is 2.50 bits per heavy atom. The van der Waals surface area contributed by atoms with Gasteiger partial charge in [-0.05, 0) is 31.0 Å². The maximum atomic E-state index is 12.1. The molecular formula is C14H19NO3. The first-order chi connectivity index (χ1) is 8.69. The second-order valence-corrected chi connectivity index (χ2v) is 4.09. The SMILES string of the molecule is CCCC(C(=O)Cc1ccncc1)C(=O)OCC. The molecule has 4 heteroatoms. The summed E-state index contributed by atoms with van der Waals surface area (Å²) in [6.45, 7) is 4.00. The molecule has 4 nitrogen and oxygen atoms in total. The zero-order valence-corrected chi connectivity index (χ0v) is 10.9. The molecular weight excluding hydrogens is 230 g/mol. The van der Waals surface area contributed by atoms with Gasteiger partial charge in [-0.15, -0.1) is 0 Å². The van der Waals surface area contributed by atoms with Crippen LogP contribution in [0.4, 0.5) is 0 Å². The summed E-state index contributed by atoms with van der Waals surface area (Å²) in [5.74, 6) is -1.12. The minimum Gasteiger partial charge on any atom is -0.465 e. The first kappa shape index (κ1) is 14.4. The second-order valence-electron chi connectivity index (χ2n) is 4.09. The molecule has 0 radical (unpaired) electrons. The van der Waals surface area contributed by atoms with E-state index < -0.39 is 11.9 Å². The minimum atomic E-state index is -0.636. The molecule has 1 rings (SSSR count). The lowest BCUT2D eigenvalue weighted by Gasteiger charge is -2.13. The predicted molar refractivity (Wildman–Crippen MR) is 68.0 cm³/mol. The van der Waals surface area contributed by atoms with E-state index in [1.807, 2.05) is 6.92 Å². The summed E-state index contributed by atoms with van der Waals surface area (Å²) < 4.78 is 4.94. The van der Waals surface area contributed by atoms with E-state index in [2.05, 4.69) is 4.98 Å². The number of esters is 1. The van der Waals surface area contributed by atoms with Crippen molar-refractivity contribution >= 4 is 11.8 Å². The van der Waals surface area contributed by atoms with Gasteiger partial charge < -0.3 is 4.74 Å². The number of ether oxygens (including phenoxy) is 1. The van der Waals surface area contributed by atoms with E-state index >= 15 is 0 Å². The number of nitrogens with zero attached hydrogens (tertiary/aromatic N) is 1. The lowest BCUT2D eigenvalue weighted by atomic mass is 9.94. The monoisotopic (exact) mass is 249 g/mol. The maximum Gasteiger partial charge on any atom is 0.316 e. The Morgan fingerprint density at radius 2 is 1.94 bits per heavy atom. The number of ketones is 1. The third-order valence-corrected chi connectivity index (χ3v) is 2.66. The molecule has 1 aromatic rings. The molecule has 1 heterocycles. The van der Waals surface area contributed by atoms with E-state index in [1.54, 1.807) is 31.5 Å². The van der Waals surface area contributed by atoms with Crippen molar-refractivity contribution in [3.05, 3.63) is 30.1 Å². The first-order valence-corrected chi connectivity index (χ1v) is 6.27. The average molecular weight is 249 g/mol. The number of Topliss-reactive ketones (excluding diaryl/α,β-unsaturated/α-hetero) is 1. The largest absolute Gasteiger partial charge is 0.465 e. The fourth-order valence-electron chi connectivity index (χ4n) is 1.77. The number of rotatable bonds is 7. The zero-order chi connectivity index (χ0) is 13.4. The number of aromatic nitrogens is 1. The number of carbonyl (C=O) groups is 2. The van der Waals surface area contributed by atoms with E-state index in [-0.39, 0.29) is 12.2 Å². The highest BCUT2D eigenvalue weighted by Gasteiger charge is 2.26. The van der Waals surface area contributed by atoms with Gasteiger partial charge in [0.1, 0.15) is 5.92 Å². The molecule has 1 aromatic heterocycles. The third-order valence-electron chi connectivity index (χ3n) is 2.66. The van der Waals surface area contributed by atoms with Gasteiger partial charge in [-0.25, -0.2) is 0 Å². The Morgan fingerprint density at radius 1 is 1.28 bits per heavy atom. The molecule has 0 aliphatic carbocycles. The number of hydrogen-bond donors (Lipinski definition) is 0. The predicted octanol–water partition coefficient (Wildman–Crippen LogP) is 2.17. The van der Waals surface area contributed by atoms with Crippen LogP contribution in [0.25, 0.3) is 0 Å². The van der Waals surface area contributed by atoms with Crippen LogP contribution in [0.3, 0.4) is 0 Å². The fraction of sp³-hybridized carbons (Fsp3) is 0.500. The maximum absolute atomic E-state index is 12.1. The molecule has 1 atom stereocenters. The van der Waals surface area contributed by atoms with Gasteiger partial charge >= 0.3 is 5.97 Å². The molecule has 0 N–H and O–H groups in total. The minimum absolute atomic E-state index is 0.0819. The Hall–Kier alpha value is -1.71. The lowest BCUT2D eigenvalue weighted by Crippen LogP contribution is -2.27. The van der Waals surface area contributed by atoms with Crippen molar-refractivity contribution in [1.29, 1.82) is 0 Å². The van der Waals surface area contributed by atoms with E-state index in [4.69, 9.17) is 4.74 Å². The van der Waals surface area contributed by atoms with E-state index in [0.29, 0.717) is 13.0 Å². The van der Waals surface area contributed by atoms with Crippen LogP contribution >= 0.6 is 0 Å². The van der Waals surface area contributed by atoms with Gasteiger partial charge in [0.2, 0.25) is 0 Å². The van der Waals surface area contributed by atoms with Crippen LogP contribution in [0.5, 0.6) is 0 Å². The van der Waals surface area contributed by atoms with Crippen LogP contribution in [0.1, 0.15) is 32.3 Å². The summed E-state index contributed by atoms with van der Waals surface area (Å²) in [6.07, 6.45) is 4.87. The standard InChI is InChI=1S/C14H19NO3/c1-3-5-12(14(17)18-4-2)13(16)10-11-6-8-15-9-7-11/h6-9,12H,3-5,10H2,1-2H3. The molecule has 0 aliphatic rings. The normalized spacial score (nSPS) is 11.9. The van der Waals surface area contributed by atoms with E-state index in [0.717, 1.165) is 12.0 Å². The zero-order valence-electron chi connectivity index (χ0n) is 10.9. The topological polar surface area (TPSA) is 56.3 Å². The van der Waals surface area contributed by atoms with E-state index in [1.165, 1.54) is 0 Å². The molecule has 0 saturated heterocycles. The van der Waals surface area contributed by atoms with Crippen molar-refractivity contribution in [2.24, 2.45) is 5.92 Å². The van der Waals surface area contributed by atoms with Gasteiger partial charge in [0.05, 0.1) is 6.61 Å². The summed E-state index contributed by atoms with van der Waals surface area (Å²) >= 11 is 0. The van der Waals surface area contributed by atoms with Gasteiger partial charge in [0.25, 0.3) is 0 Å². The third kappa shape index (κ3) is 4.28. The van der Waals surface area contributed by atoms with Crippen LogP contribution < -0.4 is 0 Å². The second kappa shape index (κ2) is 7.58. The smallest absolute Gasteiger partial charge is 0.316 e. The van der Waals surface area contributed by atoms with Gasteiger partial charge in [0, 0.05) is 18.8 Å². The summed E-state index contributed by atoms with van der Waals surface area (Å²) in [6, 6.07) is 3.57. The molecule has 0 spiro atoms. The molecule has 0 fully saturated rings. The average Bonchev–Trinajstić information content (AvgIpc) is 2.37. The van der Waals surface area contributed by atoms with Crippen LogP contribution in [-0.2, 0) is 20.7 Å². The molecule has 98 valence electrons. The molecule has 1 unspecified atom stereocenters. The molecule has 0 aromatic carbocycles. The van der Waals surface area contributed by atoms with Crippen molar-refractivity contribution in [3.63, 3.8) is 0 Å². The highest BCUT2D eigenvalue weighted by atomic mass is 16.5.